The van der Waals surface area contributed by atoms with Gasteiger partial charge in [0.2, 0.25) is 5.91 Å². The van der Waals surface area contributed by atoms with E-state index in [0.29, 0.717) is 20.9 Å². The molecule has 2 aliphatic rings. The summed E-state index contributed by atoms with van der Waals surface area (Å²) in [5.74, 6) is -2.53. The number of allylic oxidation sites excluding steroid dienone is 2. The Bertz CT molecular complexity index is 927. The van der Waals surface area contributed by atoms with Crippen LogP contribution >= 0.6 is 34.5 Å². The minimum atomic E-state index is -0.922. The van der Waals surface area contributed by atoms with Crippen LogP contribution in [0.4, 0.5) is 5.13 Å². The van der Waals surface area contributed by atoms with Gasteiger partial charge in [-0.3, -0.25) is 9.59 Å². The van der Waals surface area contributed by atoms with Crippen molar-refractivity contribution < 1.29 is 14.7 Å². The Balaban J connectivity index is 1.53. The summed E-state index contributed by atoms with van der Waals surface area (Å²) in [5.41, 5.74) is 1.36. The predicted molar refractivity (Wildman–Crippen MR) is 102 cm³/mol. The van der Waals surface area contributed by atoms with Gasteiger partial charge in [-0.25, -0.2) is 4.98 Å². The number of nitrogens with one attached hydrogen (secondary N) is 1. The number of amides is 1. The van der Waals surface area contributed by atoms with Gasteiger partial charge in [0.05, 0.1) is 22.6 Å². The molecule has 2 aromatic rings. The van der Waals surface area contributed by atoms with Gasteiger partial charge < -0.3 is 10.4 Å². The van der Waals surface area contributed by atoms with Gasteiger partial charge in [0.1, 0.15) is 0 Å². The quantitative estimate of drug-likeness (QED) is 0.725. The van der Waals surface area contributed by atoms with Crippen LogP contribution in [0.25, 0.3) is 11.3 Å². The number of nitrogens with zero attached hydrogens (tertiary/aromatic N) is 1. The van der Waals surface area contributed by atoms with E-state index in [1.54, 1.807) is 23.6 Å². The molecule has 2 bridgehead atoms. The number of rotatable bonds is 4. The highest BCUT2D eigenvalue weighted by atomic mass is 35.5. The minimum absolute atomic E-state index is 0.0220. The monoisotopic (exact) mass is 408 g/mol. The van der Waals surface area contributed by atoms with E-state index in [2.05, 4.69) is 10.3 Å². The number of hydrogen-bond donors (Lipinski definition) is 2. The lowest BCUT2D eigenvalue weighted by molar-refractivity contribution is -0.146. The summed E-state index contributed by atoms with van der Waals surface area (Å²) in [6.07, 6.45) is 4.59. The molecule has 1 saturated carbocycles. The van der Waals surface area contributed by atoms with Crippen LogP contribution < -0.4 is 5.32 Å². The molecule has 1 aromatic heterocycles. The number of carbonyl (C=O) groups is 2. The van der Waals surface area contributed by atoms with Crippen molar-refractivity contribution in [3.8, 4) is 11.3 Å². The van der Waals surface area contributed by atoms with Gasteiger partial charge in [-0.1, -0.05) is 35.4 Å². The van der Waals surface area contributed by atoms with E-state index in [-0.39, 0.29) is 17.7 Å². The number of benzene rings is 1. The smallest absolute Gasteiger partial charge is 0.307 e. The number of aliphatic carboxylic acids is 1. The number of fused-ring (bicyclic) bond motifs is 2. The van der Waals surface area contributed by atoms with Gasteiger partial charge in [-0.15, -0.1) is 11.3 Å². The molecule has 8 heteroatoms. The van der Waals surface area contributed by atoms with Crippen molar-refractivity contribution in [3.05, 3.63) is 45.8 Å². The molecule has 0 spiro atoms. The van der Waals surface area contributed by atoms with Gasteiger partial charge in [-0.2, -0.15) is 0 Å². The zero-order valence-electron chi connectivity index (χ0n) is 13.4. The molecular weight excluding hydrogens is 395 g/mol. The van der Waals surface area contributed by atoms with E-state index in [4.69, 9.17) is 23.2 Å². The summed E-state index contributed by atoms with van der Waals surface area (Å²) in [7, 11) is 0. The van der Waals surface area contributed by atoms with Gasteiger partial charge >= 0.3 is 5.97 Å². The van der Waals surface area contributed by atoms with Crippen molar-refractivity contribution in [2.24, 2.45) is 23.7 Å². The van der Waals surface area contributed by atoms with Crippen molar-refractivity contribution in [2.45, 2.75) is 6.42 Å². The van der Waals surface area contributed by atoms with Crippen LogP contribution in [0.5, 0.6) is 0 Å². The van der Waals surface area contributed by atoms with Crippen LogP contribution in [-0.2, 0) is 9.59 Å². The molecular formula is C18H14Cl2N2O3S. The molecule has 0 radical (unpaired) electrons. The average molecular weight is 409 g/mol. The number of anilines is 1. The summed E-state index contributed by atoms with van der Waals surface area (Å²) >= 11 is 13.4. The highest BCUT2D eigenvalue weighted by Gasteiger charge is 2.51. The lowest BCUT2D eigenvalue weighted by Gasteiger charge is -2.23. The third-order valence-electron chi connectivity index (χ3n) is 4.99. The van der Waals surface area contributed by atoms with Crippen LogP contribution in [0, 0.1) is 23.7 Å². The van der Waals surface area contributed by atoms with Crippen molar-refractivity contribution in [2.75, 3.05) is 5.32 Å². The van der Waals surface area contributed by atoms with Crippen LogP contribution in [0.1, 0.15) is 6.42 Å². The average Bonchev–Trinajstić information content (AvgIpc) is 3.29. The summed E-state index contributed by atoms with van der Waals surface area (Å²) in [5, 5.41) is 15.5. The molecule has 1 fully saturated rings. The third-order valence-corrected chi connectivity index (χ3v) is 6.29. The second kappa shape index (κ2) is 6.68. The van der Waals surface area contributed by atoms with Crippen molar-refractivity contribution in [3.63, 3.8) is 0 Å². The van der Waals surface area contributed by atoms with Crippen LogP contribution in [0.15, 0.2) is 35.7 Å². The van der Waals surface area contributed by atoms with E-state index < -0.39 is 17.8 Å². The van der Waals surface area contributed by atoms with Crippen LogP contribution in [0.3, 0.4) is 0 Å². The minimum Gasteiger partial charge on any atom is -0.481 e. The maximum absolute atomic E-state index is 12.7. The number of carboxylic acids is 1. The standard InChI is InChI=1S/C18H14Cl2N2O3S/c19-10-3-4-11(12(20)6-10)13-7-26-18(21-13)22-16(23)14-8-1-2-9(5-8)15(14)17(24)25/h1-4,6-9,14-15H,5H2,(H,24,25)(H,21,22,23)/t8-,9+,14-,15-/m0/s1. The van der Waals surface area contributed by atoms with Crippen molar-refractivity contribution in [1.29, 1.82) is 0 Å². The molecule has 2 aliphatic carbocycles. The Kier molecular flexibility index (Phi) is 4.50. The Hall–Kier alpha value is -1.89. The Morgan fingerprint density at radius 2 is 1.92 bits per heavy atom. The number of thiazole rings is 1. The SMILES string of the molecule is O=C(O)[C@@H]1[C@@H](C(=O)Nc2nc(-c3ccc(Cl)cc3Cl)cs2)[C@H]2C=C[C@@H]1C2. The number of carboxylic acid groups (broad SMARTS) is 1. The Morgan fingerprint density at radius 1 is 1.19 bits per heavy atom. The highest BCUT2D eigenvalue weighted by Crippen LogP contribution is 2.48. The largest absolute Gasteiger partial charge is 0.481 e. The molecule has 4 atom stereocenters. The summed E-state index contributed by atoms with van der Waals surface area (Å²) in [6, 6.07) is 5.13. The first-order valence-electron chi connectivity index (χ1n) is 8.07. The van der Waals surface area contributed by atoms with E-state index in [1.807, 2.05) is 12.2 Å². The molecule has 1 heterocycles. The lowest BCUT2D eigenvalue weighted by atomic mass is 9.82. The van der Waals surface area contributed by atoms with Gasteiger partial charge in [0.25, 0.3) is 0 Å². The first-order valence-corrected chi connectivity index (χ1v) is 9.70. The number of halogens is 2. The van der Waals surface area contributed by atoms with Crippen molar-refractivity contribution in [1.82, 2.24) is 4.98 Å². The normalized spacial score (nSPS) is 26.2. The fourth-order valence-electron chi connectivity index (χ4n) is 3.86. The highest BCUT2D eigenvalue weighted by molar-refractivity contribution is 7.14. The first kappa shape index (κ1) is 17.5. The zero-order valence-corrected chi connectivity index (χ0v) is 15.7. The first-order chi connectivity index (χ1) is 12.4. The molecule has 0 saturated heterocycles. The molecule has 0 aliphatic heterocycles. The summed E-state index contributed by atoms with van der Waals surface area (Å²) in [4.78, 5) is 28.7. The number of carbonyl (C=O) groups excluding carboxylic acids is 1. The van der Waals surface area contributed by atoms with E-state index >= 15 is 0 Å². The maximum atomic E-state index is 12.7. The van der Waals surface area contributed by atoms with E-state index in [1.165, 1.54) is 11.3 Å². The van der Waals surface area contributed by atoms with E-state index in [0.717, 1.165) is 12.0 Å². The molecule has 1 amide bonds. The second-order valence-electron chi connectivity index (χ2n) is 6.49. The second-order valence-corrected chi connectivity index (χ2v) is 8.19. The number of hydrogen-bond acceptors (Lipinski definition) is 4. The van der Waals surface area contributed by atoms with Crippen molar-refractivity contribution >= 4 is 51.5 Å². The summed E-state index contributed by atoms with van der Waals surface area (Å²) in [6.45, 7) is 0. The third kappa shape index (κ3) is 3.02. The molecule has 0 unspecified atom stereocenters. The zero-order chi connectivity index (χ0) is 18.4. The Labute approximate surface area is 163 Å². The molecule has 134 valence electrons. The van der Waals surface area contributed by atoms with Crippen LogP contribution in [0.2, 0.25) is 10.0 Å². The van der Waals surface area contributed by atoms with Gasteiger partial charge in [0.15, 0.2) is 5.13 Å². The Morgan fingerprint density at radius 3 is 2.62 bits per heavy atom. The molecule has 4 rings (SSSR count). The molecule has 26 heavy (non-hydrogen) atoms. The van der Waals surface area contributed by atoms with Gasteiger partial charge in [0, 0.05) is 16.0 Å². The number of aromatic nitrogens is 1. The topological polar surface area (TPSA) is 79.3 Å². The molecule has 5 nitrogen and oxygen atoms in total. The lowest BCUT2D eigenvalue weighted by Crippen LogP contribution is -2.36. The van der Waals surface area contributed by atoms with Crippen LogP contribution in [-0.4, -0.2) is 22.0 Å². The summed E-state index contributed by atoms with van der Waals surface area (Å²) < 4.78 is 0. The predicted octanol–water partition coefficient (Wildman–Crippen LogP) is 4.58. The molecule has 2 N–H and O–H groups in total. The fourth-order valence-corrected chi connectivity index (χ4v) is 5.08. The van der Waals surface area contributed by atoms with E-state index in [9.17, 15) is 14.7 Å². The maximum Gasteiger partial charge on any atom is 0.307 e. The van der Waals surface area contributed by atoms with Gasteiger partial charge in [-0.05, 0) is 36.5 Å². The molecule has 1 aromatic carbocycles. The fraction of sp³-hybridized carbons (Fsp3) is 0.278.